The number of nitrogens with one attached hydrogen (secondary N) is 2. The van der Waals surface area contributed by atoms with Gasteiger partial charge in [0.05, 0.1) is 0 Å². The minimum atomic E-state index is -0.764. The lowest BCUT2D eigenvalue weighted by Crippen LogP contribution is -2.46. The molecule has 0 heterocycles. The summed E-state index contributed by atoms with van der Waals surface area (Å²) in [6.07, 6.45) is 2.86. The quantitative estimate of drug-likeness (QED) is 0.615. The van der Waals surface area contributed by atoms with Gasteiger partial charge in [-0.1, -0.05) is 68.3 Å². The Morgan fingerprint density at radius 1 is 0.963 bits per heavy atom. The zero-order valence-corrected chi connectivity index (χ0v) is 16.4. The average molecular weight is 390 g/mol. The van der Waals surface area contributed by atoms with Gasteiger partial charge in [-0.3, -0.25) is 9.59 Å². The monoisotopic (exact) mass is 389 g/mol. The van der Waals surface area contributed by atoms with Crippen LogP contribution >= 0.6 is 12.4 Å². The Hall–Kier alpha value is -2.37. The highest BCUT2D eigenvalue weighted by molar-refractivity contribution is 5.97. The van der Waals surface area contributed by atoms with Crippen LogP contribution < -0.4 is 16.4 Å². The van der Waals surface area contributed by atoms with Crippen molar-refractivity contribution in [2.45, 2.75) is 38.3 Å². The molecule has 2 rings (SSSR count). The molecule has 4 N–H and O–H groups in total. The highest BCUT2D eigenvalue weighted by atomic mass is 35.5. The summed E-state index contributed by atoms with van der Waals surface area (Å²) in [5.74, 6) is -0.528. The molecule has 2 amide bonds. The summed E-state index contributed by atoms with van der Waals surface area (Å²) in [5, 5.41) is 5.82. The molecule has 0 aliphatic carbocycles. The summed E-state index contributed by atoms with van der Waals surface area (Å²) in [7, 11) is 0. The molecule has 0 saturated heterocycles. The van der Waals surface area contributed by atoms with E-state index in [9.17, 15) is 9.59 Å². The number of unbranched alkanes of at least 4 members (excludes halogenated alkanes) is 1. The second-order valence-corrected chi connectivity index (χ2v) is 6.27. The predicted octanol–water partition coefficient (Wildman–Crippen LogP) is 3.21. The van der Waals surface area contributed by atoms with Gasteiger partial charge >= 0.3 is 0 Å². The molecule has 0 bridgehead atoms. The molecule has 5 nitrogen and oxygen atoms in total. The van der Waals surface area contributed by atoms with Gasteiger partial charge in [0.2, 0.25) is 5.91 Å². The maximum absolute atomic E-state index is 12.9. The number of rotatable bonds is 9. The van der Waals surface area contributed by atoms with Crippen molar-refractivity contribution in [3.05, 3.63) is 71.8 Å². The van der Waals surface area contributed by atoms with E-state index in [1.165, 1.54) is 0 Å². The van der Waals surface area contributed by atoms with Crippen LogP contribution in [0.15, 0.2) is 60.7 Å². The van der Waals surface area contributed by atoms with Crippen LogP contribution in [0, 0.1) is 0 Å². The Balaban J connectivity index is 0.00000364. The van der Waals surface area contributed by atoms with Crippen LogP contribution in [0.4, 0.5) is 0 Å². The summed E-state index contributed by atoms with van der Waals surface area (Å²) in [6, 6.07) is 17.3. The fourth-order valence-corrected chi connectivity index (χ4v) is 2.73. The zero-order valence-electron chi connectivity index (χ0n) is 15.6. The zero-order chi connectivity index (χ0) is 18.8. The number of hydrogen-bond donors (Lipinski definition) is 3. The van der Waals surface area contributed by atoms with Crippen molar-refractivity contribution in [2.24, 2.45) is 5.73 Å². The van der Waals surface area contributed by atoms with Gasteiger partial charge in [0.15, 0.2) is 0 Å². The second kappa shape index (κ2) is 12.1. The van der Waals surface area contributed by atoms with Gasteiger partial charge in [-0.15, -0.1) is 12.4 Å². The summed E-state index contributed by atoms with van der Waals surface area (Å²) < 4.78 is 0. The SMILES string of the molecule is CCCCC(CN)NC(=O)C(NC(=O)c1ccccc1)c1ccccc1.Cl. The van der Waals surface area contributed by atoms with E-state index in [0.29, 0.717) is 12.1 Å². The Bertz CT molecular complexity index is 695. The van der Waals surface area contributed by atoms with Gasteiger partial charge in [0, 0.05) is 18.2 Å². The number of carbonyl (C=O) groups excluding carboxylic acids is 2. The summed E-state index contributed by atoms with van der Waals surface area (Å²) in [6.45, 7) is 2.47. The minimum Gasteiger partial charge on any atom is -0.350 e. The van der Waals surface area contributed by atoms with Crippen molar-refractivity contribution < 1.29 is 9.59 Å². The first-order valence-electron chi connectivity index (χ1n) is 9.07. The van der Waals surface area contributed by atoms with Crippen molar-refractivity contribution >= 4 is 24.2 Å². The number of carbonyl (C=O) groups is 2. The van der Waals surface area contributed by atoms with Crippen LogP contribution in [-0.2, 0) is 4.79 Å². The number of hydrogen-bond acceptors (Lipinski definition) is 3. The first-order chi connectivity index (χ1) is 12.7. The highest BCUT2D eigenvalue weighted by Crippen LogP contribution is 2.15. The number of amides is 2. The van der Waals surface area contributed by atoms with E-state index in [0.717, 1.165) is 24.8 Å². The summed E-state index contributed by atoms with van der Waals surface area (Å²) >= 11 is 0. The van der Waals surface area contributed by atoms with E-state index in [4.69, 9.17) is 5.73 Å². The lowest BCUT2D eigenvalue weighted by atomic mass is 10.0. The summed E-state index contributed by atoms with van der Waals surface area (Å²) in [4.78, 5) is 25.4. The molecule has 0 aromatic heterocycles. The Morgan fingerprint density at radius 3 is 2.11 bits per heavy atom. The van der Waals surface area contributed by atoms with E-state index in [1.54, 1.807) is 24.3 Å². The fraction of sp³-hybridized carbons (Fsp3) is 0.333. The van der Waals surface area contributed by atoms with E-state index in [-0.39, 0.29) is 30.3 Å². The molecule has 2 unspecified atom stereocenters. The fourth-order valence-electron chi connectivity index (χ4n) is 2.73. The molecule has 0 radical (unpaired) electrons. The first-order valence-corrected chi connectivity index (χ1v) is 9.07. The van der Waals surface area contributed by atoms with Gasteiger partial charge < -0.3 is 16.4 Å². The van der Waals surface area contributed by atoms with Crippen LogP contribution in [0.2, 0.25) is 0 Å². The molecule has 0 aliphatic rings. The molecule has 2 aromatic rings. The van der Waals surface area contributed by atoms with E-state index < -0.39 is 6.04 Å². The maximum atomic E-state index is 12.9. The van der Waals surface area contributed by atoms with Crippen molar-refractivity contribution in [3.63, 3.8) is 0 Å². The molecule has 0 aliphatic heterocycles. The Morgan fingerprint density at radius 2 is 1.56 bits per heavy atom. The van der Waals surface area contributed by atoms with Gasteiger partial charge in [-0.05, 0) is 24.1 Å². The average Bonchev–Trinajstić information content (AvgIpc) is 2.70. The van der Waals surface area contributed by atoms with Crippen LogP contribution in [0.25, 0.3) is 0 Å². The van der Waals surface area contributed by atoms with Crippen molar-refractivity contribution in [2.75, 3.05) is 6.54 Å². The van der Waals surface area contributed by atoms with Crippen molar-refractivity contribution in [1.82, 2.24) is 10.6 Å². The molecule has 27 heavy (non-hydrogen) atoms. The highest BCUT2D eigenvalue weighted by Gasteiger charge is 2.24. The summed E-state index contributed by atoms with van der Waals surface area (Å²) in [5.41, 5.74) is 7.04. The minimum absolute atomic E-state index is 0. The third-order valence-electron chi connectivity index (χ3n) is 4.24. The molecule has 0 fully saturated rings. The standard InChI is InChI=1S/C21H27N3O2.ClH/c1-2-3-14-18(15-22)23-21(26)19(16-10-6-4-7-11-16)24-20(25)17-12-8-5-9-13-17;/h4-13,18-19H,2-3,14-15,22H2,1H3,(H,23,26)(H,24,25);1H. The van der Waals surface area contributed by atoms with Crippen LogP contribution in [0.5, 0.6) is 0 Å². The third kappa shape index (κ3) is 7.04. The van der Waals surface area contributed by atoms with E-state index in [2.05, 4.69) is 17.6 Å². The molecule has 0 spiro atoms. The molecular weight excluding hydrogens is 362 g/mol. The number of nitrogens with two attached hydrogens (primary N) is 1. The Kier molecular flexibility index (Phi) is 10.2. The van der Waals surface area contributed by atoms with Gasteiger partial charge in [-0.2, -0.15) is 0 Å². The van der Waals surface area contributed by atoms with Crippen LogP contribution in [0.1, 0.15) is 48.1 Å². The first kappa shape index (κ1) is 22.7. The van der Waals surface area contributed by atoms with Crippen LogP contribution in [0.3, 0.4) is 0 Å². The third-order valence-corrected chi connectivity index (χ3v) is 4.24. The lowest BCUT2D eigenvalue weighted by Gasteiger charge is -2.23. The molecule has 6 heteroatoms. The maximum Gasteiger partial charge on any atom is 0.252 e. The number of benzene rings is 2. The molecule has 0 saturated carbocycles. The predicted molar refractivity (Wildman–Crippen MR) is 111 cm³/mol. The lowest BCUT2D eigenvalue weighted by molar-refractivity contribution is -0.123. The van der Waals surface area contributed by atoms with Gasteiger partial charge in [0.25, 0.3) is 5.91 Å². The topological polar surface area (TPSA) is 84.2 Å². The van der Waals surface area contributed by atoms with E-state index in [1.807, 2.05) is 36.4 Å². The van der Waals surface area contributed by atoms with Crippen LogP contribution in [-0.4, -0.2) is 24.4 Å². The van der Waals surface area contributed by atoms with Gasteiger partial charge in [0.1, 0.15) is 6.04 Å². The second-order valence-electron chi connectivity index (χ2n) is 6.27. The van der Waals surface area contributed by atoms with Crippen molar-refractivity contribution in [1.29, 1.82) is 0 Å². The molecule has 2 aromatic carbocycles. The van der Waals surface area contributed by atoms with Gasteiger partial charge in [-0.25, -0.2) is 0 Å². The molecule has 146 valence electrons. The smallest absolute Gasteiger partial charge is 0.252 e. The molecular formula is C21H28ClN3O2. The largest absolute Gasteiger partial charge is 0.350 e. The van der Waals surface area contributed by atoms with Crippen molar-refractivity contribution in [3.8, 4) is 0 Å². The molecule has 2 atom stereocenters. The number of halogens is 1. The normalized spacial score (nSPS) is 12.4. The van der Waals surface area contributed by atoms with E-state index >= 15 is 0 Å². The Labute approximate surface area is 167 Å².